The Morgan fingerprint density at radius 3 is 2.17 bits per heavy atom. The average molecular weight is 532 g/mol. The number of carbonyl (C=O) groups is 1. The van der Waals surface area contributed by atoms with Crippen LogP contribution in [0.5, 0.6) is 11.5 Å². The van der Waals surface area contributed by atoms with E-state index in [4.69, 9.17) is 37.4 Å². The summed E-state index contributed by atoms with van der Waals surface area (Å²) >= 11 is 12.6. The predicted molar refractivity (Wildman–Crippen MR) is 143 cm³/mol. The molecule has 0 bridgehead atoms. The monoisotopic (exact) mass is 531 g/mol. The van der Waals surface area contributed by atoms with Crippen LogP contribution in [0.4, 0.5) is 0 Å². The summed E-state index contributed by atoms with van der Waals surface area (Å²) < 4.78 is 16.8. The third-order valence-corrected chi connectivity index (χ3v) is 6.72. The van der Waals surface area contributed by atoms with Crippen LogP contribution in [0.3, 0.4) is 0 Å². The Morgan fingerprint density at radius 1 is 0.917 bits per heavy atom. The van der Waals surface area contributed by atoms with Crippen LogP contribution in [0.2, 0.25) is 10.0 Å². The van der Waals surface area contributed by atoms with Crippen LogP contribution in [-0.2, 0) is 22.4 Å². The zero-order valence-corrected chi connectivity index (χ0v) is 22.6. The Hall–Kier alpha value is -2.96. The molecule has 192 valence electrons. The maximum atomic E-state index is 13.3. The lowest BCUT2D eigenvalue weighted by Crippen LogP contribution is -2.20. The Balaban J connectivity index is 1.93. The van der Waals surface area contributed by atoms with Gasteiger partial charge >= 0.3 is 5.97 Å². The topological polar surface area (TPSA) is 77.6 Å². The van der Waals surface area contributed by atoms with Crippen LogP contribution >= 0.6 is 23.2 Å². The van der Waals surface area contributed by atoms with Gasteiger partial charge in [0.05, 0.1) is 25.2 Å². The molecule has 0 amide bonds. The summed E-state index contributed by atoms with van der Waals surface area (Å²) in [4.78, 5) is 27.9. The molecule has 0 aliphatic rings. The molecular formula is C28H31Cl2NO5. The number of hydrogen-bond donors (Lipinski definition) is 1. The normalized spacial score (nSPS) is 12.8. The lowest BCUT2D eigenvalue weighted by molar-refractivity contribution is -0.150. The summed E-state index contributed by atoms with van der Waals surface area (Å²) in [6.45, 7) is 6.14. The molecule has 36 heavy (non-hydrogen) atoms. The number of methoxy groups -OCH3 is 2. The first-order valence-corrected chi connectivity index (χ1v) is 12.5. The van der Waals surface area contributed by atoms with E-state index in [1.54, 1.807) is 32.2 Å². The summed E-state index contributed by atoms with van der Waals surface area (Å²) in [6, 6.07) is 13.2. The van der Waals surface area contributed by atoms with Gasteiger partial charge in [-0.3, -0.25) is 9.59 Å². The van der Waals surface area contributed by atoms with Crippen LogP contribution in [0.1, 0.15) is 55.0 Å². The Morgan fingerprint density at radius 2 is 1.56 bits per heavy atom. The van der Waals surface area contributed by atoms with Gasteiger partial charge in [0, 0.05) is 18.2 Å². The van der Waals surface area contributed by atoms with Gasteiger partial charge in [-0.1, -0.05) is 67.4 Å². The summed E-state index contributed by atoms with van der Waals surface area (Å²) in [6.07, 6.45) is 1.66. The minimum Gasteiger partial charge on any atom is -0.493 e. The molecule has 0 saturated carbocycles. The maximum Gasteiger partial charge on any atom is 0.313 e. The van der Waals surface area contributed by atoms with E-state index in [0.29, 0.717) is 28.5 Å². The van der Waals surface area contributed by atoms with Gasteiger partial charge in [0.2, 0.25) is 0 Å². The molecule has 0 aliphatic heterocycles. The third-order valence-electron chi connectivity index (χ3n) is 5.99. The van der Waals surface area contributed by atoms with Gasteiger partial charge in [-0.25, -0.2) is 0 Å². The van der Waals surface area contributed by atoms with Crippen LogP contribution in [0, 0.1) is 5.92 Å². The molecule has 8 heteroatoms. The lowest BCUT2D eigenvalue weighted by atomic mass is 9.96. The van der Waals surface area contributed by atoms with E-state index in [-0.39, 0.29) is 16.5 Å². The van der Waals surface area contributed by atoms with Crippen LogP contribution in [0.25, 0.3) is 0 Å². The van der Waals surface area contributed by atoms with Crippen LogP contribution in [-0.4, -0.2) is 25.2 Å². The summed E-state index contributed by atoms with van der Waals surface area (Å²) in [5, 5.41) is 0.229. The van der Waals surface area contributed by atoms with Crippen molar-refractivity contribution in [3.63, 3.8) is 0 Å². The van der Waals surface area contributed by atoms with Crippen molar-refractivity contribution in [3.05, 3.63) is 91.3 Å². The molecule has 0 spiro atoms. The van der Waals surface area contributed by atoms with Crippen molar-refractivity contribution in [2.24, 2.45) is 5.92 Å². The fourth-order valence-corrected chi connectivity index (χ4v) is 4.47. The summed E-state index contributed by atoms with van der Waals surface area (Å²) in [5.41, 5.74) is 2.64. The van der Waals surface area contributed by atoms with E-state index in [9.17, 15) is 9.59 Å². The molecule has 0 aliphatic carbocycles. The van der Waals surface area contributed by atoms with Crippen molar-refractivity contribution in [2.45, 2.75) is 45.6 Å². The van der Waals surface area contributed by atoms with Crippen molar-refractivity contribution < 1.29 is 19.0 Å². The molecule has 6 nitrogen and oxygen atoms in total. The number of aromatic nitrogens is 1. The van der Waals surface area contributed by atoms with E-state index in [1.165, 1.54) is 18.9 Å². The van der Waals surface area contributed by atoms with E-state index < -0.39 is 23.6 Å². The second kappa shape index (κ2) is 12.3. The Bertz CT molecular complexity index is 1250. The number of esters is 1. The van der Waals surface area contributed by atoms with Gasteiger partial charge in [0.15, 0.2) is 11.5 Å². The van der Waals surface area contributed by atoms with Crippen LogP contribution < -0.4 is 15.0 Å². The summed E-state index contributed by atoms with van der Waals surface area (Å²) in [7, 11) is 3.07. The standard InChI is InChI=1S/C28H31Cl2NO5/c1-16(2)12-18-6-8-19(9-7-18)17(3)28(33)36-24(14-21-22(29)15-31-27(32)26(21)30)20-10-11-23(34-4)25(13-20)35-5/h6-11,13,15-17,24H,12,14H2,1-5H3,(H,31,32). The van der Waals surface area contributed by atoms with E-state index in [0.717, 1.165) is 12.0 Å². The minimum atomic E-state index is -0.781. The molecule has 1 N–H and O–H groups in total. The highest BCUT2D eigenvalue weighted by molar-refractivity contribution is 6.35. The number of aromatic amines is 1. The molecule has 0 radical (unpaired) electrons. The first kappa shape index (κ1) is 27.6. The third kappa shape index (κ3) is 6.62. The van der Waals surface area contributed by atoms with E-state index in [2.05, 4.69) is 18.8 Å². The molecule has 1 aromatic heterocycles. The molecule has 0 saturated heterocycles. The number of carbonyl (C=O) groups excluding carboxylic acids is 1. The largest absolute Gasteiger partial charge is 0.493 e. The first-order chi connectivity index (χ1) is 17.1. The zero-order chi connectivity index (χ0) is 26.4. The molecule has 0 fully saturated rings. The smallest absolute Gasteiger partial charge is 0.313 e. The summed E-state index contributed by atoms with van der Waals surface area (Å²) in [5.74, 6) is 0.639. The second-order valence-corrected chi connectivity index (χ2v) is 9.85. The molecule has 1 heterocycles. The number of halogens is 2. The fourth-order valence-electron chi connectivity index (χ4n) is 3.97. The van der Waals surface area contributed by atoms with Gasteiger partial charge in [-0.2, -0.15) is 0 Å². The Labute approximate surface area is 221 Å². The number of ether oxygens (including phenoxy) is 3. The zero-order valence-electron chi connectivity index (χ0n) is 21.1. The van der Waals surface area contributed by atoms with E-state index in [1.807, 2.05) is 24.3 Å². The van der Waals surface area contributed by atoms with Gasteiger partial charge in [0.25, 0.3) is 5.56 Å². The van der Waals surface area contributed by atoms with Gasteiger partial charge in [-0.05, 0) is 48.1 Å². The fraction of sp³-hybridized carbons (Fsp3) is 0.357. The van der Waals surface area contributed by atoms with Crippen molar-refractivity contribution in [1.29, 1.82) is 0 Å². The predicted octanol–water partition coefficient (Wildman–Crippen LogP) is 6.53. The van der Waals surface area contributed by atoms with Crippen molar-refractivity contribution in [2.75, 3.05) is 14.2 Å². The minimum absolute atomic E-state index is 0.0437. The molecular weight excluding hydrogens is 501 g/mol. The SMILES string of the molecule is COc1ccc(C(Cc2c(Cl)c[nH]c(=O)c2Cl)OC(=O)C(C)c2ccc(CC(C)C)cc2)cc1OC. The molecule has 2 aromatic carbocycles. The molecule has 3 aromatic rings. The van der Waals surface area contributed by atoms with E-state index >= 15 is 0 Å². The highest BCUT2D eigenvalue weighted by Gasteiger charge is 2.26. The highest BCUT2D eigenvalue weighted by Crippen LogP contribution is 2.35. The number of hydrogen-bond acceptors (Lipinski definition) is 5. The quantitative estimate of drug-likeness (QED) is 0.301. The molecule has 2 atom stereocenters. The second-order valence-electron chi connectivity index (χ2n) is 9.06. The van der Waals surface area contributed by atoms with Crippen molar-refractivity contribution >= 4 is 29.2 Å². The average Bonchev–Trinajstić information content (AvgIpc) is 2.87. The number of pyridine rings is 1. The van der Waals surface area contributed by atoms with Crippen molar-refractivity contribution in [1.82, 2.24) is 4.98 Å². The van der Waals surface area contributed by atoms with Gasteiger partial charge < -0.3 is 19.2 Å². The lowest BCUT2D eigenvalue weighted by Gasteiger charge is -2.23. The molecule has 3 rings (SSSR count). The van der Waals surface area contributed by atoms with Crippen LogP contribution in [0.15, 0.2) is 53.5 Å². The van der Waals surface area contributed by atoms with Gasteiger partial charge in [-0.15, -0.1) is 0 Å². The maximum absolute atomic E-state index is 13.3. The van der Waals surface area contributed by atoms with Gasteiger partial charge in [0.1, 0.15) is 11.1 Å². The molecule has 2 unspecified atom stereocenters. The number of rotatable bonds is 10. The van der Waals surface area contributed by atoms with Crippen molar-refractivity contribution in [3.8, 4) is 11.5 Å². The highest BCUT2D eigenvalue weighted by atomic mass is 35.5. The number of H-pyrrole nitrogens is 1. The Kier molecular flexibility index (Phi) is 9.46. The number of nitrogens with one attached hydrogen (secondary N) is 1. The number of benzene rings is 2. The first-order valence-electron chi connectivity index (χ1n) is 11.7.